The molecule has 5 nitrogen and oxygen atoms in total. The molecule has 0 saturated carbocycles. The smallest absolute Gasteiger partial charge is 0.162 e. The Hall–Kier alpha value is -3.99. The molecule has 1 atom stereocenters. The molecule has 5 heteroatoms. The minimum atomic E-state index is 0.0766. The number of H-pyrrole nitrogens is 1. The maximum Gasteiger partial charge on any atom is 0.162 e. The topological polar surface area (TPSA) is 66.5 Å². The van der Waals surface area contributed by atoms with E-state index in [0.29, 0.717) is 6.54 Å². The normalized spacial score (nSPS) is 12.0. The van der Waals surface area contributed by atoms with E-state index in [-0.39, 0.29) is 5.92 Å². The molecule has 31 heavy (non-hydrogen) atoms. The molecule has 5 aromatic rings. The molecule has 0 aliphatic rings. The number of hydrogen-bond acceptors (Lipinski definition) is 4. The van der Waals surface area contributed by atoms with Crippen molar-refractivity contribution in [3.63, 3.8) is 0 Å². The number of fused-ring (bicyclic) bond motifs is 1. The molecule has 3 aromatic heterocycles. The van der Waals surface area contributed by atoms with Crippen LogP contribution in [0.1, 0.15) is 22.9 Å². The van der Waals surface area contributed by atoms with Crippen molar-refractivity contribution in [2.75, 3.05) is 11.9 Å². The zero-order valence-corrected chi connectivity index (χ0v) is 17.3. The van der Waals surface area contributed by atoms with E-state index in [9.17, 15) is 0 Å². The third-order valence-electron chi connectivity index (χ3n) is 5.43. The van der Waals surface area contributed by atoms with Crippen LogP contribution in [0.5, 0.6) is 0 Å². The van der Waals surface area contributed by atoms with Gasteiger partial charge in [0.2, 0.25) is 0 Å². The number of aromatic amines is 1. The summed E-state index contributed by atoms with van der Waals surface area (Å²) < 4.78 is 0. The van der Waals surface area contributed by atoms with Gasteiger partial charge in [0.1, 0.15) is 5.82 Å². The number of pyridine rings is 1. The first-order chi connectivity index (χ1) is 15.3. The number of rotatable bonds is 6. The molecule has 5 rings (SSSR count). The molecular formula is C26H23N5. The van der Waals surface area contributed by atoms with Crippen molar-refractivity contribution in [3.8, 4) is 11.4 Å². The second-order valence-electron chi connectivity index (χ2n) is 7.59. The van der Waals surface area contributed by atoms with Gasteiger partial charge in [0, 0.05) is 35.6 Å². The highest BCUT2D eigenvalue weighted by Gasteiger charge is 2.18. The molecule has 2 aromatic carbocycles. The van der Waals surface area contributed by atoms with E-state index in [1.54, 1.807) is 0 Å². The Kier molecular flexibility index (Phi) is 5.15. The summed E-state index contributed by atoms with van der Waals surface area (Å²) >= 11 is 0. The van der Waals surface area contributed by atoms with Gasteiger partial charge in [-0.05, 0) is 43.3 Å². The Balaban J connectivity index is 1.52. The lowest BCUT2D eigenvalue weighted by atomic mass is 10.0. The molecule has 0 radical (unpaired) electrons. The fourth-order valence-electron chi connectivity index (χ4n) is 3.76. The Morgan fingerprint density at radius 1 is 0.871 bits per heavy atom. The van der Waals surface area contributed by atoms with E-state index in [0.717, 1.165) is 39.5 Å². The molecular weight excluding hydrogens is 382 g/mol. The van der Waals surface area contributed by atoms with E-state index in [1.807, 2.05) is 48.8 Å². The van der Waals surface area contributed by atoms with Gasteiger partial charge < -0.3 is 10.3 Å². The first-order valence-corrected chi connectivity index (χ1v) is 10.4. The van der Waals surface area contributed by atoms with Gasteiger partial charge >= 0.3 is 0 Å². The fraction of sp³-hybridized carbons (Fsp3) is 0.115. The monoisotopic (exact) mass is 405 g/mol. The lowest BCUT2D eigenvalue weighted by Gasteiger charge is -2.18. The predicted molar refractivity (Wildman–Crippen MR) is 125 cm³/mol. The lowest BCUT2D eigenvalue weighted by molar-refractivity contribution is 0.790. The Bertz CT molecular complexity index is 1280. The van der Waals surface area contributed by atoms with Gasteiger partial charge in [-0.2, -0.15) is 0 Å². The standard InChI is InChI=1S/C26H23N5/c1-18-11-13-19(14-12-18)25-30-24-9-3-2-7-20(24)26(31-25)29-17-21(23-10-6-16-28-23)22-8-4-5-15-27-22/h2-16,21,28H,17H2,1H3,(H,29,30,31). The van der Waals surface area contributed by atoms with Crippen LogP contribution in [0.3, 0.4) is 0 Å². The minimum Gasteiger partial charge on any atom is -0.368 e. The Morgan fingerprint density at radius 3 is 2.48 bits per heavy atom. The highest BCUT2D eigenvalue weighted by molar-refractivity contribution is 5.90. The maximum absolute atomic E-state index is 4.89. The Morgan fingerprint density at radius 2 is 1.71 bits per heavy atom. The van der Waals surface area contributed by atoms with Crippen LogP contribution in [0.25, 0.3) is 22.3 Å². The largest absolute Gasteiger partial charge is 0.368 e. The van der Waals surface area contributed by atoms with Crippen molar-refractivity contribution >= 4 is 16.7 Å². The number of aromatic nitrogens is 4. The van der Waals surface area contributed by atoms with Crippen molar-refractivity contribution in [1.29, 1.82) is 0 Å². The van der Waals surface area contributed by atoms with Crippen LogP contribution in [0, 0.1) is 6.92 Å². The van der Waals surface area contributed by atoms with E-state index in [4.69, 9.17) is 9.97 Å². The lowest BCUT2D eigenvalue weighted by Crippen LogP contribution is -2.16. The van der Waals surface area contributed by atoms with Gasteiger partial charge in [-0.25, -0.2) is 9.97 Å². The van der Waals surface area contributed by atoms with Crippen molar-refractivity contribution in [1.82, 2.24) is 19.9 Å². The summed E-state index contributed by atoms with van der Waals surface area (Å²) in [6.07, 6.45) is 3.78. The van der Waals surface area contributed by atoms with E-state index in [2.05, 4.69) is 64.7 Å². The molecule has 1 unspecified atom stereocenters. The third-order valence-corrected chi connectivity index (χ3v) is 5.43. The van der Waals surface area contributed by atoms with Crippen molar-refractivity contribution in [2.24, 2.45) is 0 Å². The molecule has 3 heterocycles. The molecule has 0 saturated heterocycles. The van der Waals surface area contributed by atoms with Gasteiger partial charge in [-0.15, -0.1) is 0 Å². The van der Waals surface area contributed by atoms with Crippen LogP contribution in [-0.4, -0.2) is 26.5 Å². The highest BCUT2D eigenvalue weighted by Crippen LogP contribution is 2.27. The summed E-state index contributed by atoms with van der Waals surface area (Å²) in [4.78, 5) is 17.6. The number of anilines is 1. The fourth-order valence-corrected chi connectivity index (χ4v) is 3.76. The zero-order valence-electron chi connectivity index (χ0n) is 17.3. The third kappa shape index (κ3) is 4.03. The number of nitrogens with one attached hydrogen (secondary N) is 2. The summed E-state index contributed by atoms with van der Waals surface area (Å²) in [6.45, 7) is 2.74. The van der Waals surface area contributed by atoms with Crippen LogP contribution >= 0.6 is 0 Å². The van der Waals surface area contributed by atoms with Gasteiger partial charge in [-0.3, -0.25) is 4.98 Å². The number of para-hydroxylation sites is 1. The van der Waals surface area contributed by atoms with E-state index >= 15 is 0 Å². The maximum atomic E-state index is 4.89. The summed E-state index contributed by atoms with van der Waals surface area (Å²) in [6, 6.07) is 26.5. The Labute approximate surface area is 181 Å². The summed E-state index contributed by atoms with van der Waals surface area (Å²) in [5.41, 5.74) is 5.26. The number of hydrogen-bond donors (Lipinski definition) is 2. The molecule has 0 bridgehead atoms. The van der Waals surface area contributed by atoms with Crippen molar-refractivity contribution in [2.45, 2.75) is 12.8 Å². The summed E-state index contributed by atoms with van der Waals surface area (Å²) in [5.74, 6) is 1.62. The van der Waals surface area contributed by atoms with Gasteiger partial charge in [0.05, 0.1) is 17.1 Å². The molecule has 0 amide bonds. The van der Waals surface area contributed by atoms with Crippen LogP contribution in [0.4, 0.5) is 5.82 Å². The van der Waals surface area contributed by atoms with Crippen molar-refractivity contribution < 1.29 is 0 Å². The number of aryl methyl sites for hydroxylation is 1. The average Bonchev–Trinajstić information content (AvgIpc) is 3.35. The summed E-state index contributed by atoms with van der Waals surface area (Å²) in [5, 5.41) is 4.59. The van der Waals surface area contributed by atoms with E-state index < -0.39 is 0 Å². The molecule has 152 valence electrons. The molecule has 0 aliphatic carbocycles. The van der Waals surface area contributed by atoms with Crippen LogP contribution in [-0.2, 0) is 0 Å². The van der Waals surface area contributed by atoms with Crippen LogP contribution in [0.15, 0.2) is 91.3 Å². The summed E-state index contributed by atoms with van der Waals surface area (Å²) in [7, 11) is 0. The SMILES string of the molecule is Cc1ccc(-c2nc(NCC(c3ccccn3)c3ccc[nH]3)c3ccccc3n2)cc1. The molecule has 2 N–H and O–H groups in total. The molecule has 0 spiro atoms. The molecule has 0 fully saturated rings. The minimum absolute atomic E-state index is 0.0766. The quantitative estimate of drug-likeness (QED) is 0.387. The second kappa shape index (κ2) is 8.40. The van der Waals surface area contributed by atoms with Crippen molar-refractivity contribution in [3.05, 3.63) is 108 Å². The van der Waals surface area contributed by atoms with Gasteiger partial charge in [-0.1, -0.05) is 48.0 Å². The first kappa shape index (κ1) is 19.0. The van der Waals surface area contributed by atoms with Crippen LogP contribution in [0.2, 0.25) is 0 Å². The van der Waals surface area contributed by atoms with Gasteiger partial charge in [0.25, 0.3) is 0 Å². The number of benzene rings is 2. The number of nitrogens with zero attached hydrogens (tertiary/aromatic N) is 3. The van der Waals surface area contributed by atoms with Crippen LogP contribution < -0.4 is 5.32 Å². The van der Waals surface area contributed by atoms with E-state index in [1.165, 1.54) is 5.56 Å². The second-order valence-corrected chi connectivity index (χ2v) is 7.59. The first-order valence-electron chi connectivity index (χ1n) is 10.4. The van der Waals surface area contributed by atoms with Gasteiger partial charge in [0.15, 0.2) is 5.82 Å². The highest BCUT2D eigenvalue weighted by atomic mass is 15.0. The predicted octanol–water partition coefficient (Wildman–Crippen LogP) is 5.57. The molecule has 0 aliphatic heterocycles. The average molecular weight is 406 g/mol. The zero-order chi connectivity index (χ0) is 21.0.